The lowest BCUT2D eigenvalue weighted by Crippen LogP contribution is -2.46. The summed E-state index contributed by atoms with van der Waals surface area (Å²) in [5.41, 5.74) is 3.96. The highest BCUT2D eigenvalue weighted by molar-refractivity contribution is 7.21. The molecule has 0 spiro atoms. The smallest absolute Gasteiger partial charge is 0.257 e. The first-order valence-corrected chi connectivity index (χ1v) is 14.1. The van der Waals surface area contributed by atoms with Gasteiger partial charge in [0.2, 0.25) is 11.8 Å². The third-order valence-electron chi connectivity index (χ3n) is 6.72. The molecule has 6 nitrogen and oxygen atoms in total. The Kier molecular flexibility index (Phi) is 7.31. The lowest BCUT2D eigenvalue weighted by molar-refractivity contribution is -0.140. The molecule has 39 heavy (non-hydrogen) atoms. The number of anilines is 1. The zero-order valence-electron chi connectivity index (χ0n) is 22.4. The van der Waals surface area contributed by atoms with Crippen molar-refractivity contribution < 1.29 is 14.4 Å². The molecule has 0 aliphatic carbocycles. The van der Waals surface area contributed by atoms with E-state index in [1.807, 2.05) is 63.2 Å². The number of halogens is 1. The van der Waals surface area contributed by atoms with Gasteiger partial charge in [-0.25, -0.2) is 9.88 Å². The van der Waals surface area contributed by atoms with Crippen LogP contribution in [0.3, 0.4) is 0 Å². The van der Waals surface area contributed by atoms with Crippen LogP contribution in [-0.4, -0.2) is 33.6 Å². The van der Waals surface area contributed by atoms with Gasteiger partial charge in [0, 0.05) is 23.6 Å². The van der Waals surface area contributed by atoms with Gasteiger partial charge in [-0.3, -0.25) is 14.4 Å². The van der Waals surface area contributed by atoms with Crippen molar-refractivity contribution in [2.24, 2.45) is 5.41 Å². The predicted octanol–water partition coefficient (Wildman–Crippen LogP) is 7.02. The second kappa shape index (κ2) is 10.5. The van der Waals surface area contributed by atoms with E-state index in [0.717, 1.165) is 26.4 Å². The number of rotatable bonds is 6. The summed E-state index contributed by atoms with van der Waals surface area (Å²) in [6.07, 6.45) is 0.171. The van der Waals surface area contributed by atoms with Crippen molar-refractivity contribution in [3.05, 3.63) is 82.9 Å². The van der Waals surface area contributed by atoms with E-state index >= 15 is 0 Å². The fourth-order valence-corrected chi connectivity index (χ4v) is 6.04. The molecule has 4 aromatic rings. The van der Waals surface area contributed by atoms with E-state index in [9.17, 15) is 14.4 Å². The van der Waals surface area contributed by atoms with Gasteiger partial charge in [0.15, 0.2) is 0 Å². The van der Waals surface area contributed by atoms with Gasteiger partial charge in [0.05, 0.1) is 22.3 Å². The molecule has 1 saturated heterocycles. The van der Waals surface area contributed by atoms with Crippen molar-refractivity contribution in [1.29, 1.82) is 0 Å². The summed E-state index contributed by atoms with van der Waals surface area (Å²) in [5.74, 6) is -0.921. The van der Waals surface area contributed by atoms with Crippen LogP contribution < -0.4 is 4.90 Å². The summed E-state index contributed by atoms with van der Waals surface area (Å²) in [7, 11) is 0. The van der Waals surface area contributed by atoms with Crippen LogP contribution in [0.25, 0.3) is 20.8 Å². The number of carbonyl (C=O) groups excluding carboxylic acids is 3. The van der Waals surface area contributed by atoms with Crippen molar-refractivity contribution in [3.63, 3.8) is 0 Å². The summed E-state index contributed by atoms with van der Waals surface area (Å²) in [5, 5.41) is 1.39. The minimum atomic E-state index is -0.893. The number of hydrogen-bond donors (Lipinski definition) is 0. The molecular formula is C31H30ClN3O3S. The highest BCUT2D eigenvalue weighted by Gasteiger charge is 2.44. The van der Waals surface area contributed by atoms with Crippen LogP contribution in [-0.2, 0) is 20.9 Å². The van der Waals surface area contributed by atoms with Gasteiger partial charge in [-0.2, -0.15) is 0 Å². The molecule has 1 atom stereocenters. The maximum absolute atomic E-state index is 13.7. The normalized spacial score (nSPS) is 15.8. The molecule has 8 heteroatoms. The Balaban J connectivity index is 1.41. The first kappa shape index (κ1) is 27.0. The van der Waals surface area contributed by atoms with Crippen LogP contribution in [0.2, 0.25) is 5.02 Å². The standard InChI is InChI=1S/C31H30ClN3O3S/c1-19-9-14-24-26(15-19)39-29(33-24)20-10-12-22(13-11-20)35-27(36)16-25(30(35)38)34(28(37)17-31(2,3)4)18-21-7-5-6-8-23(21)32/h5-15,25H,16-18H2,1-4H3. The van der Waals surface area contributed by atoms with Crippen LogP contribution in [0.4, 0.5) is 5.69 Å². The lowest BCUT2D eigenvalue weighted by atomic mass is 9.91. The van der Waals surface area contributed by atoms with Gasteiger partial charge in [-0.05, 0) is 65.9 Å². The molecule has 0 N–H and O–H groups in total. The van der Waals surface area contributed by atoms with Gasteiger partial charge < -0.3 is 4.90 Å². The largest absolute Gasteiger partial charge is 0.326 e. The van der Waals surface area contributed by atoms with E-state index in [2.05, 4.69) is 13.0 Å². The van der Waals surface area contributed by atoms with E-state index in [1.54, 1.807) is 29.5 Å². The minimum Gasteiger partial charge on any atom is -0.326 e. The van der Waals surface area contributed by atoms with E-state index in [-0.39, 0.29) is 36.6 Å². The number of aryl methyl sites for hydroxylation is 1. The number of imide groups is 1. The number of fused-ring (bicyclic) bond motifs is 1. The Morgan fingerprint density at radius 1 is 1.08 bits per heavy atom. The summed E-state index contributed by atoms with van der Waals surface area (Å²) in [6, 6.07) is 19.8. The van der Waals surface area contributed by atoms with Crippen molar-refractivity contribution in [1.82, 2.24) is 9.88 Å². The first-order chi connectivity index (χ1) is 18.5. The summed E-state index contributed by atoms with van der Waals surface area (Å²) < 4.78 is 1.11. The number of aromatic nitrogens is 1. The molecule has 3 aromatic carbocycles. The van der Waals surface area contributed by atoms with Crippen LogP contribution in [0.5, 0.6) is 0 Å². The second-order valence-corrected chi connectivity index (χ2v) is 12.6. The Labute approximate surface area is 237 Å². The predicted molar refractivity (Wildman–Crippen MR) is 157 cm³/mol. The third kappa shape index (κ3) is 5.75. The average molecular weight is 560 g/mol. The van der Waals surface area contributed by atoms with E-state index in [4.69, 9.17) is 16.6 Å². The van der Waals surface area contributed by atoms with E-state index in [0.29, 0.717) is 10.7 Å². The molecule has 3 amide bonds. The Hall–Kier alpha value is -3.55. The maximum atomic E-state index is 13.7. The average Bonchev–Trinajstić information content (AvgIpc) is 3.42. The molecule has 1 unspecified atom stereocenters. The monoisotopic (exact) mass is 559 g/mol. The van der Waals surface area contributed by atoms with Crippen LogP contribution in [0.1, 0.15) is 44.7 Å². The Morgan fingerprint density at radius 3 is 2.49 bits per heavy atom. The third-order valence-corrected chi connectivity index (χ3v) is 8.15. The molecule has 5 rings (SSSR count). The summed E-state index contributed by atoms with van der Waals surface area (Å²) in [4.78, 5) is 47.7. The fourth-order valence-electron chi connectivity index (χ4n) is 4.78. The molecular weight excluding hydrogens is 530 g/mol. The molecule has 1 fully saturated rings. The van der Waals surface area contributed by atoms with Gasteiger partial charge in [0.25, 0.3) is 5.91 Å². The van der Waals surface area contributed by atoms with Crippen LogP contribution in [0, 0.1) is 12.3 Å². The van der Waals surface area contributed by atoms with Gasteiger partial charge in [0.1, 0.15) is 11.0 Å². The van der Waals surface area contributed by atoms with Gasteiger partial charge in [-0.15, -0.1) is 11.3 Å². The summed E-state index contributed by atoms with van der Waals surface area (Å²) in [6.45, 7) is 8.13. The van der Waals surface area contributed by atoms with E-state index < -0.39 is 11.9 Å². The number of nitrogens with zero attached hydrogens (tertiary/aromatic N) is 3. The molecule has 2 heterocycles. The Morgan fingerprint density at radius 2 is 1.79 bits per heavy atom. The highest BCUT2D eigenvalue weighted by atomic mass is 35.5. The molecule has 200 valence electrons. The van der Waals surface area contributed by atoms with Crippen LogP contribution in [0.15, 0.2) is 66.7 Å². The highest BCUT2D eigenvalue weighted by Crippen LogP contribution is 2.34. The number of benzene rings is 3. The zero-order valence-corrected chi connectivity index (χ0v) is 24.0. The van der Waals surface area contributed by atoms with Crippen LogP contribution >= 0.6 is 22.9 Å². The number of amides is 3. The lowest BCUT2D eigenvalue weighted by Gasteiger charge is -2.30. The molecule has 0 saturated carbocycles. The van der Waals surface area contributed by atoms with Crippen molar-refractivity contribution in [3.8, 4) is 10.6 Å². The zero-order chi connectivity index (χ0) is 27.9. The second-order valence-electron chi connectivity index (χ2n) is 11.2. The minimum absolute atomic E-state index is 0.0713. The number of hydrogen-bond acceptors (Lipinski definition) is 5. The van der Waals surface area contributed by atoms with E-state index in [1.165, 1.54) is 15.4 Å². The summed E-state index contributed by atoms with van der Waals surface area (Å²) >= 11 is 8.00. The number of thiazole rings is 1. The quantitative estimate of drug-likeness (QED) is 0.238. The number of carbonyl (C=O) groups is 3. The molecule has 1 aliphatic heterocycles. The molecule has 0 bridgehead atoms. The first-order valence-electron chi connectivity index (χ1n) is 12.9. The molecule has 1 aliphatic rings. The molecule has 1 aromatic heterocycles. The van der Waals surface area contributed by atoms with Gasteiger partial charge >= 0.3 is 0 Å². The van der Waals surface area contributed by atoms with Crippen molar-refractivity contribution >= 4 is 56.6 Å². The Bertz CT molecular complexity index is 1570. The van der Waals surface area contributed by atoms with Gasteiger partial charge in [-0.1, -0.05) is 56.6 Å². The van der Waals surface area contributed by atoms with Crippen molar-refractivity contribution in [2.75, 3.05) is 4.90 Å². The molecule has 0 radical (unpaired) electrons. The topological polar surface area (TPSA) is 70.6 Å². The SMILES string of the molecule is Cc1ccc2nc(-c3ccc(N4C(=O)CC(N(Cc5ccccc5Cl)C(=O)CC(C)(C)C)C4=O)cc3)sc2c1. The fraction of sp³-hybridized carbons (Fsp3) is 0.290. The van der Waals surface area contributed by atoms with Crippen molar-refractivity contribution in [2.45, 2.75) is 53.1 Å². The maximum Gasteiger partial charge on any atom is 0.257 e.